The number of phenols is 1. The van der Waals surface area contributed by atoms with Gasteiger partial charge >= 0.3 is 0 Å². The second kappa shape index (κ2) is 4.05. The number of rotatable bonds is 2. The molecule has 0 fully saturated rings. The smallest absolute Gasteiger partial charge is 0.130 e. The van der Waals surface area contributed by atoms with Gasteiger partial charge in [0.25, 0.3) is 0 Å². The average Bonchev–Trinajstić information content (AvgIpc) is 2.17. The second-order valence-corrected chi connectivity index (χ2v) is 4.43. The number of carbonyl (C=O) groups is 1. The van der Waals surface area contributed by atoms with E-state index in [2.05, 4.69) is 6.07 Å². The van der Waals surface area contributed by atoms with Crippen LogP contribution in [0.15, 0.2) is 18.2 Å². The van der Waals surface area contributed by atoms with Gasteiger partial charge < -0.3 is 9.90 Å². The van der Waals surface area contributed by atoms with Crippen molar-refractivity contribution >= 4 is 5.78 Å². The van der Waals surface area contributed by atoms with E-state index < -0.39 is 0 Å². The van der Waals surface area contributed by atoms with E-state index in [1.807, 2.05) is 6.07 Å². The third kappa shape index (κ3) is 2.20. The number of phenolic OH excluding ortho intramolecular Hbond substituents is 1. The molecular weight excluding hydrogens is 188 g/mol. The van der Waals surface area contributed by atoms with E-state index in [1.165, 1.54) is 5.56 Å². The van der Waals surface area contributed by atoms with Crippen molar-refractivity contribution in [2.24, 2.45) is 5.92 Å². The third-order valence-electron chi connectivity index (χ3n) is 3.14. The van der Waals surface area contributed by atoms with Crippen LogP contribution in [0.2, 0.25) is 0 Å². The van der Waals surface area contributed by atoms with E-state index in [0.717, 1.165) is 24.8 Å². The largest absolute Gasteiger partial charge is 0.508 e. The molecule has 0 saturated carbocycles. The fraction of sp³-hybridized carbons (Fsp3) is 0.462. The van der Waals surface area contributed by atoms with Crippen LogP contribution in [0.1, 0.15) is 30.9 Å². The minimum Gasteiger partial charge on any atom is -0.508 e. The molecule has 2 nitrogen and oxygen atoms in total. The van der Waals surface area contributed by atoms with Gasteiger partial charge in [0.15, 0.2) is 0 Å². The molecule has 2 heteroatoms. The molecule has 2 rings (SSSR count). The summed E-state index contributed by atoms with van der Waals surface area (Å²) in [5.74, 6) is 1.15. The van der Waals surface area contributed by atoms with Crippen LogP contribution in [0.3, 0.4) is 0 Å². The zero-order valence-corrected chi connectivity index (χ0v) is 8.99. The van der Waals surface area contributed by atoms with Crippen LogP contribution in [0.4, 0.5) is 0 Å². The van der Waals surface area contributed by atoms with Gasteiger partial charge in [-0.05, 0) is 49.3 Å². The van der Waals surface area contributed by atoms with Gasteiger partial charge in [-0.3, -0.25) is 0 Å². The van der Waals surface area contributed by atoms with E-state index >= 15 is 0 Å². The molecule has 0 heterocycles. The first kappa shape index (κ1) is 10.2. The summed E-state index contributed by atoms with van der Waals surface area (Å²) in [5, 5.41) is 9.66. The van der Waals surface area contributed by atoms with Crippen LogP contribution in [0.5, 0.6) is 5.75 Å². The maximum atomic E-state index is 11.0. The van der Waals surface area contributed by atoms with Crippen molar-refractivity contribution in [1.29, 1.82) is 0 Å². The molecule has 1 aliphatic rings. The number of hydrogen-bond acceptors (Lipinski definition) is 2. The molecule has 1 N–H and O–H groups in total. The van der Waals surface area contributed by atoms with Crippen molar-refractivity contribution in [3.8, 4) is 5.75 Å². The van der Waals surface area contributed by atoms with E-state index in [1.54, 1.807) is 13.0 Å². The lowest BCUT2D eigenvalue weighted by atomic mass is 9.81. The van der Waals surface area contributed by atoms with Gasteiger partial charge in [0, 0.05) is 6.42 Å². The van der Waals surface area contributed by atoms with Crippen LogP contribution in [0, 0.1) is 5.92 Å². The number of Topliss-reactive ketones (excluding diaryl/α,β-unsaturated/α-hetero) is 1. The van der Waals surface area contributed by atoms with E-state index in [0.29, 0.717) is 18.1 Å². The molecule has 0 saturated heterocycles. The molecule has 1 aliphatic carbocycles. The standard InChI is InChI=1S/C13H16O2/c1-9(14)7-10-5-6-12-11(8-10)3-2-4-13(12)15/h2-4,10,15H,5-8H2,1H3. The predicted molar refractivity (Wildman–Crippen MR) is 58.9 cm³/mol. The summed E-state index contributed by atoms with van der Waals surface area (Å²) in [5.41, 5.74) is 2.30. The van der Waals surface area contributed by atoms with Gasteiger partial charge in [-0.2, -0.15) is 0 Å². The maximum Gasteiger partial charge on any atom is 0.130 e. The molecule has 0 aromatic heterocycles. The number of ketones is 1. The number of benzene rings is 1. The number of aromatic hydroxyl groups is 1. The number of hydrogen-bond donors (Lipinski definition) is 1. The molecule has 0 aliphatic heterocycles. The van der Waals surface area contributed by atoms with Crippen molar-refractivity contribution in [1.82, 2.24) is 0 Å². The SMILES string of the molecule is CC(=O)CC1CCc2c(O)cccc2C1. The van der Waals surface area contributed by atoms with Crippen LogP contribution in [-0.4, -0.2) is 10.9 Å². The Kier molecular flexibility index (Phi) is 2.76. The normalized spacial score (nSPS) is 19.7. The Labute approximate surface area is 89.9 Å². The fourth-order valence-electron chi connectivity index (χ4n) is 2.44. The fourth-order valence-corrected chi connectivity index (χ4v) is 2.44. The van der Waals surface area contributed by atoms with Gasteiger partial charge in [0.05, 0.1) is 0 Å². The molecule has 1 atom stereocenters. The number of carbonyl (C=O) groups excluding carboxylic acids is 1. The van der Waals surface area contributed by atoms with Gasteiger partial charge in [-0.25, -0.2) is 0 Å². The summed E-state index contributed by atoms with van der Waals surface area (Å²) in [6.45, 7) is 1.65. The summed E-state index contributed by atoms with van der Waals surface area (Å²) < 4.78 is 0. The summed E-state index contributed by atoms with van der Waals surface area (Å²) >= 11 is 0. The third-order valence-corrected chi connectivity index (χ3v) is 3.14. The molecule has 1 aromatic carbocycles. The highest BCUT2D eigenvalue weighted by atomic mass is 16.3. The van der Waals surface area contributed by atoms with Crippen LogP contribution < -0.4 is 0 Å². The summed E-state index contributed by atoms with van der Waals surface area (Å²) in [7, 11) is 0. The number of fused-ring (bicyclic) bond motifs is 1. The highest BCUT2D eigenvalue weighted by Crippen LogP contribution is 2.32. The second-order valence-electron chi connectivity index (χ2n) is 4.43. The zero-order valence-electron chi connectivity index (χ0n) is 8.99. The van der Waals surface area contributed by atoms with E-state index in [-0.39, 0.29) is 5.78 Å². The Morgan fingerprint density at radius 3 is 3.07 bits per heavy atom. The Morgan fingerprint density at radius 2 is 2.33 bits per heavy atom. The van der Waals surface area contributed by atoms with Crippen molar-refractivity contribution < 1.29 is 9.90 Å². The molecule has 15 heavy (non-hydrogen) atoms. The molecule has 0 radical (unpaired) electrons. The lowest BCUT2D eigenvalue weighted by Crippen LogP contribution is -2.16. The lowest BCUT2D eigenvalue weighted by molar-refractivity contribution is -0.117. The minimum atomic E-state index is 0.267. The first-order valence-corrected chi connectivity index (χ1v) is 5.46. The summed E-state index contributed by atoms with van der Waals surface area (Å²) in [6, 6.07) is 5.68. The maximum absolute atomic E-state index is 11.0. The van der Waals surface area contributed by atoms with Gasteiger partial charge in [-0.15, -0.1) is 0 Å². The monoisotopic (exact) mass is 204 g/mol. The summed E-state index contributed by atoms with van der Waals surface area (Å²) in [4.78, 5) is 11.0. The Hall–Kier alpha value is -1.31. The molecule has 0 spiro atoms. The van der Waals surface area contributed by atoms with Gasteiger partial charge in [0.1, 0.15) is 11.5 Å². The summed E-state index contributed by atoms with van der Waals surface area (Å²) in [6.07, 6.45) is 3.53. The quantitative estimate of drug-likeness (QED) is 0.803. The molecule has 80 valence electrons. The highest BCUT2D eigenvalue weighted by molar-refractivity contribution is 5.75. The van der Waals surface area contributed by atoms with E-state index in [9.17, 15) is 9.90 Å². The molecule has 1 unspecified atom stereocenters. The Bertz CT molecular complexity index is 382. The van der Waals surface area contributed by atoms with Crippen LogP contribution in [-0.2, 0) is 17.6 Å². The van der Waals surface area contributed by atoms with Crippen molar-refractivity contribution in [2.45, 2.75) is 32.6 Å². The highest BCUT2D eigenvalue weighted by Gasteiger charge is 2.21. The average molecular weight is 204 g/mol. The molecular formula is C13H16O2. The van der Waals surface area contributed by atoms with Crippen molar-refractivity contribution in [3.05, 3.63) is 29.3 Å². The van der Waals surface area contributed by atoms with Crippen molar-refractivity contribution in [2.75, 3.05) is 0 Å². The minimum absolute atomic E-state index is 0.267. The molecule has 0 bridgehead atoms. The lowest BCUT2D eigenvalue weighted by Gasteiger charge is -2.24. The zero-order chi connectivity index (χ0) is 10.8. The van der Waals surface area contributed by atoms with Gasteiger partial charge in [0.2, 0.25) is 0 Å². The molecule has 1 aromatic rings. The van der Waals surface area contributed by atoms with Crippen LogP contribution >= 0.6 is 0 Å². The molecule has 0 amide bonds. The van der Waals surface area contributed by atoms with Gasteiger partial charge in [-0.1, -0.05) is 12.1 Å². The van der Waals surface area contributed by atoms with Crippen LogP contribution in [0.25, 0.3) is 0 Å². The van der Waals surface area contributed by atoms with Crippen molar-refractivity contribution in [3.63, 3.8) is 0 Å². The van der Waals surface area contributed by atoms with E-state index in [4.69, 9.17) is 0 Å². The first-order valence-electron chi connectivity index (χ1n) is 5.46. The Morgan fingerprint density at radius 1 is 1.53 bits per heavy atom. The first-order chi connectivity index (χ1) is 7.16. The predicted octanol–water partition coefficient (Wildman–Crippen LogP) is 2.48. The Balaban J connectivity index is 2.17. The topological polar surface area (TPSA) is 37.3 Å².